The molecule has 1 atom stereocenters. The molecule has 102 valence electrons. The fraction of sp³-hybridized carbons (Fsp3) is 0.400. The van der Waals surface area contributed by atoms with Crippen LogP contribution in [0.5, 0.6) is 5.75 Å². The number of imidazole rings is 1. The van der Waals surface area contributed by atoms with E-state index in [1.807, 2.05) is 24.7 Å². The quantitative estimate of drug-likeness (QED) is 0.838. The summed E-state index contributed by atoms with van der Waals surface area (Å²) in [4.78, 5) is 4.19. The summed E-state index contributed by atoms with van der Waals surface area (Å²) < 4.78 is 2.17. The first kappa shape index (κ1) is 13.6. The molecule has 1 unspecified atom stereocenters. The van der Waals surface area contributed by atoms with Crippen LogP contribution in [-0.4, -0.2) is 14.7 Å². The number of aromatic hydroxyl groups is 1. The molecule has 0 bridgehead atoms. The van der Waals surface area contributed by atoms with E-state index >= 15 is 0 Å². The molecule has 0 fully saturated rings. The van der Waals surface area contributed by atoms with Crippen LogP contribution in [0.1, 0.15) is 37.6 Å². The van der Waals surface area contributed by atoms with Crippen molar-refractivity contribution in [2.24, 2.45) is 0 Å². The maximum absolute atomic E-state index is 9.49. The first-order valence-electron chi connectivity index (χ1n) is 6.72. The van der Waals surface area contributed by atoms with E-state index in [-0.39, 0.29) is 6.04 Å². The van der Waals surface area contributed by atoms with Gasteiger partial charge in [-0.15, -0.1) is 0 Å². The summed E-state index contributed by atoms with van der Waals surface area (Å²) in [6.07, 6.45) is 4.88. The number of benzene rings is 1. The van der Waals surface area contributed by atoms with Gasteiger partial charge in [-0.1, -0.05) is 19.1 Å². The molecule has 0 aliphatic heterocycles. The van der Waals surface area contributed by atoms with Crippen molar-refractivity contribution in [3.05, 3.63) is 48.0 Å². The van der Waals surface area contributed by atoms with Crippen LogP contribution in [0.3, 0.4) is 0 Å². The minimum absolute atomic E-state index is 0.192. The van der Waals surface area contributed by atoms with Gasteiger partial charge in [0.2, 0.25) is 0 Å². The SMILES string of the molecule is CCCn1cncc1CNC(C)c1cccc(O)c1. The number of aryl methyl sites for hydroxylation is 1. The number of nitrogens with one attached hydrogen (secondary N) is 1. The number of phenols is 1. The molecule has 2 N–H and O–H groups in total. The lowest BCUT2D eigenvalue weighted by Crippen LogP contribution is -2.20. The summed E-state index contributed by atoms with van der Waals surface area (Å²) in [7, 11) is 0. The first-order valence-corrected chi connectivity index (χ1v) is 6.72. The zero-order chi connectivity index (χ0) is 13.7. The minimum atomic E-state index is 0.192. The maximum atomic E-state index is 9.49. The Labute approximate surface area is 114 Å². The van der Waals surface area contributed by atoms with Gasteiger partial charge in [0.25, 0.3) is 0 Å². The molecule has 1 heterocycles. The summed E-state index contributed by atoms with van der Waals surface area (Å²) in [5.74, 6) is 0.308. The molecular weight excluding hydrogens is 238 g/mol. The molecule has 4 nitrogen and oxygen atoms in total. The number of phenolic OH excluding ortho intramolecular Hbond substituents is 1. The van der Waals surface area contributed by atoms with Crippen LogP contribution in [0.4, 0.5) is 0 Å². The van der Waals surface area contributed by atoms with Crippen molar-refractivity contribution >= 4 is 0 Å². The van der Waals surface area contributed by atoms with Gasteiger partial charge in [-0.25, -0.2) is 4.98 Å². The topological polar surface area (TPSA) is 50.1 Å². The molecule has 1 aromatic heterocycles. The van der Waals surface area contributed by atoms with Gasteiger partial charge in [0.15, 0.2) is 0 Å². The van der Waals surface area contributed by atoms with Gasteiger partial charge in [0.05, 0.1) is 12.0 Å². The van der Waals surface area contributed by atoms with Gasteiger partial charge in [-0.2, -0.15) is 0 Å². The Balaban J connectivity index is 1.96. The third-order valence-electron chi connectivity index (χ3n) is 3.22. The smallest absolute Gasteiger partial charge is 0.115 e. The molecule has 1 aromatic carbocycles. The van der Waals surface area contributed by atoms with Crippen molar-refractivity contribution in [1.29, 1.82) is 0 Å². The summed E-state index contributed by atoms with van der Waals surface area (Å²) in [6.45, 7) is 6.02. The predicted octanol–water partition coefficient (Wildman–Crippen LogP) is 2.85. The van der Waals surface area contributed by atoms with Gasteiger partial charge in [-0.05, 0) is 31.0 Å². The highest BCUT2D eigenvalue weighted by Crippen LogP contribution is 2.18. The summed E-state index contributed by atoms with van der Waals surface area (Å²) in [5, 5.41) is 12.9. The Morgan fingerprint density at radius 1 is 1.42 bits per heavy atom. The Kier molecular flexibility index (Phi) is 4.58. The van der Waals surface area contributed by atoms with E-state index in [9.17, 15) is 5.11 Å². The molecule has 0 saturated heterocycles. The molecule has 2 rings (SSSR count). The summed E-state index contributed by atoms with van der Waals surface area (Å²) in [6, 6.07) is 7.55. The molecule has 0 saturated carbocycles. The van der Waals surface area contributed by atoms with Crippen LogP contribution >= 0.6 is 0 Å². The van der Waals surface area contributed by atoms with Crippen molar-refractivity contribution < 1.29 is 5.11 Å². The van der Waals surface area contributed by atoms with Gasteiger partial charge in [-0.3, -0.25) is 0 Å². The highest BCUT2D eigenvalue weighted by Gasteiger charge is 2.07. The summed E-state index contributed by atoms with van der Waals surface area (Å²) in [5.41, 5.74) is 2.27. The monoisotopic (exact) mass is 259 g/mol. The minimum Gasteiger partial charge on any atom is -0.508 e. The highest BCUT2D eigenvalue weighted by atomic mass is 16.3. The number of hydrogen-bond donors (Lipinski definition) is 2. The molecule has 0 aliphatic carbocycles. The average Bonchev–Trinajstić information content (AvgIpc) is 2.84. The second kappa shape index (κ2) is 6.38. The van der Waals surface area contributed by atoms with E-state index in [2.05, 4.69) is 28.7 Å². The number of hydrogen-bond acceptors (Lipinski definition) is 3. The second-order valence-corrected chi connectivity index (χ2v) is 4.78. The molecule has 2 aromatic rings. The van der Waals surface area contributed by atoms with Crippen molar-refractivity contribution in [2.75, 3.05) is 0 Å². The molecular formula is C15H21N3O. The normalized spacial score (nSPS) is 12.5. The molecule has 0 spiro atoms. The number of nitrogens with zero attached hydrogens (tertiary/aromatic N) is 2. The lowest BCUT2D eigenvalue weighted by Gasteiger charge is -2.15. The first-order chi connectivity index (χ1) is 9.20. The fourth-order valence-corrected chi connectivity index (χ4v) is 2.11. The Bertz CT molecular complexity index is 522. The molecule has 0 amide bonds. The van der Waals surface area contributed by atoms with Crippen LogP contribution in [-0.2, 0) is 13.1 Å². The van der Waals surface area contributed by atoms with E-state index < -0.39 is 0 Å². The van der Waals surface area contributed by atoms with Gasteiger partial charge >= 0.3 is 0 Å². The molecule has 0 aliphatic rings. The third-order valence-corrected chi connectivity index (χ3v) is 3.22. The van der Waals surface area contributed by atoms with E-state index in [0.29, 0.717) is 5.75 Å². The highest BCUT2D eigenvalue weighted by molar-refractivity contribution is 5.29. The standard InChI is InChI=1S/C15H21N3O/c1-3-7-18-11-16-9-14(18)10-17-12(2)13-5-4-6-15(19)8-13/h4-6,8-9,11-12,17,19H,3,7,10H2,1-2H3. The van der Waals surface area contributed by atoms with Crippen molar-refractivity contribution in [2.45, 2.75) is 39.4 Å². The number of rotatable bonds is 6. The largest absolute Gasteiger partial charge is 0.508 e. The van der Waals surface area contributed by atoms with E-state index in [4.69, 9.17) is 0 Å². The lowest BCUT2D eigenvalue weighted by atomic mass is 10.1. The fourth-order valence-electron chi connectivity index (χ4n) is 2.11. The van der Waals surface area contributed by atoms with Crippen LogP contribution in [0.15, 0.2) is 36.8 Å². The second-order valence-electron chi connectivity index (χ2n) is 4.78. The van der Waals surface area contributed by atoms with Crippen LogP contribution in [0.2, 0.25) is 0 Å². The van der Waals surface area contributed by atoms with Crippen molar-refractivity contribution in [3.8, 4) is 5.75 Å². The lowest BCUT2D eigenvalue weighted by molar-refractivity contribution is 0.471. The Morgan fingerprint density at radius 2 is 2.26 bits per heavy atom. The zero-order valence-corrected chi connectivity index (χ0v) is 11.5. The Hall–Kier alpha value is -1.81. The number of aromatic nitrogens is 2. The van der Waals surface area contributed by atoms with Crippen LogP contribution in [0, 0.1) is 0 Å². The van der Waals surface area contributed by atoms with E-state index in [1.165, 1.54) is 5.69 Å². The van der Waals surface area contributed by atoms with E-state index in [0.717, 1.165) is 25.1 Å². The van der Waals surface area contributed by atoms with Gasteiger partial charge < -0.3 is 15.0 Å². The van der Waals surface area contributed by atoms with Gasteiger partial charge in [0.1, 0.15) is 5.75 Å². The van der Waals surface area contributed by atoms with Crippen LogP contribution in [0.25, 0.3) is 0 Å². The molecule has 4 heteroatoms. The summed E-state index contributed by atoms with van der Waals surface area (Å²) >= 11 is 0. The van der Waals surface area contributed by atoms with Crippen molar-refractivity contribution in [1.82, 2.24) is 14.9 Å². The van der Waals surface area contributed by atoms with Gasteiger partial charge in [0, 0.05) is 25.3 Å². The van der Waals surface area contributed by atoms with Crippen molar-refractivity contribution in [3.63, 3.8) is 0 Å². The average molecular weight is 259 g/mol. The maximum Gasteiger partial charge on any atom is 0.115 e. The molecule has 0 radical (unpaired) electrons. The third kappa shape index (κ3) is 3.58. The zero-order valence-electron chi connectivity index (χ0n) is 11.5. The Morgan fingerprint density at radius 3 is 3.00 bits per heavy atom. The van der Waals surface area contributed by atoms with E-state index in [1.54, 1.807) is 12.1 Å². The predicted molar refractivity (Wildman–Crippen MR) is 75.9 cm³/mol. The van der Waals surface area contributed by atoms with Crippen LogP contribution < -0.4 is 5.32 Å². The molecule has 19 heavy (non-hydrogen) atoms.